The third-order valence-electron chi connectivity index (χ3n) is 4.36. The maximum absolute atomic E-state index is 11.8. The molecule has 1 aromatic rings. The molecule has 2 atom stereocenters. The van der Waals surface area contributed by atoms with Crippen LogP contribution in [0.4, 0.5) is 10.5 Å². The van der Waals surface area contributed by atoms with E-state index in [1.54, 1.807) is 0 Å². The largest absolute Gasteiger partial charge is 0.444 e. The Morgan fingerprint density at radius 3 is 2.71 bits per heavy atom. The number of hydrogen-bond acceptors (Lipinski definition) is 3. The molecule has 0 saturated heterocycles. The molecule has 0 unspecified atom stereocenters. The molecule has 0 aliphatic heterocycles. The fourth-order valence-corrected chi connectivity index (χ4v) is 3.32. The summed E-state index contributed by atoms with van der Waals surface area (Å²) in [5.41, 5.74) is 1.41. The third kappa shape index (κ3) is 2.67. The van der Waals surface area contributed by atoms with Gasteiger partial charge in [0.25, 0.3) is 0 Å². The Morgan fingerprint density at radius 2 is 2.14 bits per heavy atom. The van der Waals surface area contributed by atoms with Gasteiger partial charge in [0.2, 0.25) is 0 Å². The molecule has 0 aromatic heterocycles. The summed E-state index contributed by atoms with van der Waals surface area (Å²) in [6.07, 6.45) is 2.13. The van der Waals surface area contributed by atoms with E-state index in [-0.39, 0.29) is 11.3 Å². The molecular formula is C17H21NO3. The quantitative estimate of drug-likeness (QED) is 0.903. The van der Waals surface area contributed by atoms with Gasteiger partial charge in [0.15, 0.2) is 0 Å². The van der Waals surface area contributed by atoms with Crippen molar-refractivity contribution >= 4 is 17.6 Å². The highest BCUT2D eigenvalue weighted by atomic mass is 16.6. The lowest BCUT2D eigenvalue weighted by atomic mass is 9.93. The van der Waals surface area contributed by atoms with E-state index >= 15 is 0 Å². The Balaban J connectivity index is 1.73. The van der Waals surface area contributed by atoms with Gasteiger partial charge >= 0.3 is 6.09 Å². The zero-order chi connectivity index (χ0) is 15.3. The van der Waals surface area contributed by atoms with Gasteiger partial charge < -0.3 is 4.74 Å². The minimum Gasteiger partial charge on any atom is -0.444 e. The van der Waals surface area contributed by atoms with Gasteiger partial charge in [-0.15, -0.1) is 0 Å². The smallest absolute Gasteiger partial charge is 0.412 e. The van der Waals surface area contributed by atoms with E-state index in [4.69, 9.17) is 4.74 Å². The summed E-state index contributed by atoms with van der Waals surface area (Å²) in [5, 5.41) is 2.76. The Morgan fingerprint density at radius 1 is 1.38 bits per heavy atom. The maximum Gasteiger partial charge on any atom is 0.412 e. The van der Waals surface area contributed by atoms with Crippen molar-refractivity contribution in [2.45, 2.75) is 51.0 Å². The van der Waals surface area contributed by atoms with Crippen LogP contribution in [0.5, 0.6) is 0 Å². The van der Waals surface area contributed by atoms with E-state index in [9.17, 15) is 9.59 Å². The normalized spacial score (nSPS) is 27.2. The fraction of sp³-hybridized carbons (Fsp3) is 0.529. The molecule has 0 radical (unpaired) electrons. The van der Waals surface area contributed by atoms with Gasteiger partial charge in [-0.25, -0.2) is 4.79 Å². The van der Waals surface area contributed by atoms with Crippen LogP contribution in [0.1, 0.15) is 45.6 Å². The number of hydrogen-bond donors (Lipinski definition) is 1. The van der Waals surface area contributed by atoms with Gasteiger partial charge in [-0.1, -0.05) is 12.1 Å². The Hall–Kier alpha value is -1.84. The topological polar surface area (TPSA) is 55.4 Å². The van der Waals surface area contributed by atoms with E-state index in [0.29, 0.717) is 12.2 Å². The molecule has 0 spiro atoms. The number of rotatable bonds is 2. The summed E-state index contributed by atoms with van der Waals surface area (Å²) in [6, 6.07) is 7.80. The molecule has 0 bridgehead atoms. The van der Waals surface area contributed by atoms with Crippen LogP contribution in [0.15, 0.2) is 24.3 Å². The van der Waals surface area contributed by atoms with Gasteiger partial charge in [0.05, 0.1) is 0 Å². The van der Waals surface area contributed by atoms with Crippen molar-refractivity contribution in [1.29, 1.82) is 0 Å². The number of benzene rings is 1. The zero-order valence-electron chi connectivity index (χ0n) is 12.7. The minimum absolute atomic E-state index is 0.0444. The predicted molar refractivity (Wildman–Crippen MR) is 80.3 cm³/mol. The number of Topliss-reactive ketones (excluding diaryl/α,β-unsaturated/α-hetero) is 1. The molecule has 2 fully saturated rings. The number of ether oxygens (including phenoxy) is 1. The van der Waals surface area contributed by atoms with Crippen molar-refractivity contribution in [2.24, 2.45) is 5.92 Å². The molecule has 1 aromatic carbocycles. The first-order valence-corrected chi connectivity index (χ1v) is 7.43. The fourth-order valence-electron chi connectivity index (χ4n) is 3.32. The van der Waals surface area contributed by atoms with Crippen molar-refractivity contribution in [1.82, 2.24) is 0 Å². The van der Waals surface area contributed by atoms with E-state index in [1.807, 2.05) is 39.0 Å². The standard InChI is InChI=1S/C17H21NO3/c1-16(2,3)21-15(20)18-12-6-4-5-11(9-12)17-8-7-14(19)13(17)10-17/h4-6,9,13H,7-8,10H2,1-3H3,(H,18,20)/t13-,17-/m1/s1. The summed E-state index contributed by atoms with van der Waals surface area (Å²) < 4.78 is 5.26. The highest BCUT2D eigenvalue weighted by Crippen LogP contribution is 2.62. The molecule has 2 saturated carbocycles. The average molecular weight is 287 g/mol. The number of amides is 1. The van der Waals surface area contributed by atoms with Crippen LogP contribution in [-0.2, 0) is 14.9 Å². The van der Waals surface area contributed by atoms with Crippen molar-refractivity contribution in [2.75, 3.05) is 5.32 Å². The van der Waals surface area contributed by atoms with E-state index in [0.717, 1.165) is 24.1 Å². The average Bonchev–Trinajstić information content (AvgIpc) is 3.02. The number of nitrogens with one attached hydrogen (secondary N) is 1. The second kappa shape index (κ2) is 4.58. The number of carbonyl (C=O) groups is 2. The summed E-state index contributed by atoms with van der Waals surface area (Å²) in [6.45, 7) is 5.50. The summed E-state index contributed by atoms with van der Waals surface area (Å²) in [7, 11) is 0. The first kappa shape index (κ1) is 14.1. The number of ketones is 1. The third-order valence-corrected chi connectivity index (χ3v) is 4.36. The van der Waals surface area contributed by atoms with Crippen LogP contribution in [0, 0.1) is 5.92 Å². The SMILES string of the molecule is CC(C)(C)OC(=O)Nc1cccc([C@]23CCC(=O)[C@H]2C3)c1. The second-order valence-electron chi connectivity index (χ2n) is 7.09. The van der Waals surface area contributed by atoms with Crippen LogP contribution in [0.25, 0.3) is 0 Å². The van der Waals surface area contributed by atoms with Crippen LogP contribution < -0.4 is 5.32 Å². The Labute approximate surface area is 124 Å². The first-order chi connectivity index (χ1) is 9.80. The Bertz CT molecular complexity index is 602. The molecule has 4 heteroatoms. The monoisotopic (exact) mass is 287 g/mol. The second-order valence-corrected chi connectivity index (χ2v) is 7.09. The van der Waals surface area contributed by atoms with Crippen molar-refractivity contribution in [3.8, 4) is 0 Å². The van der Waals surface area contributed by atoms with Crippen molar-refractivity contribution in [3.05, 3.63) is 29.8 Å². The van der Waals surface area contributed by atoms with Gasteiger partial charge in [0.1, 0.15) is 11.4 Å². The highest BCUT2D eigenvalue weighted by Gasteiger charge is 2.62. The summed E-state index contributed by atoms with van der Waals surface area (Å²) in [4.78, 5) is 23.5. The van der Waals surface area contributed by atoms with E-state index in [1.165, 1.54) is 0 Å². The molecule has 1 N–H and O–H groups in total. The van der Waals surface area contributed by atoms with Crippen molar-refractivity contribution in [3.63, 3.8) is 0 Å². The van der Waals surface area contributed by atoms with Crippen LogP contribution in [0.2, 0.25) is 0 Å². The molecule has 21 heavy (non-hydrogen) atoms. The molecule has 2 aliphatic rings. The highest BCUT2D eigenvalue weighted by molar-refractivity contribution is 5.90. The summed E-state index contributed by atoms with van der Waals surface area (Å²) >= 11 is 0. The molecular weight excluding hydrogens is 266 g/mol. The zero-order valence-corrected chi connectivity index (χ0v) is 12.7. The van der Waals surface area contributed by atoms with Gasteiger partial charge in [-0.05, 0) is 51.3 Å². The molecule has 1 amide bonds. The number of carbonyl (C=O) groups excluding carboxylic acids is 2. The van der Waals surface area contributed by atoms with Crippen LogP contribution in [-0.4, -0.2) is 17.5 Å². The Kier molecular flexibility index (Phi) is 3.08. The van der Waals surface area contributed by atoms with E-state index in [2.05, 4.69) is 11.4 Å². The lowest BCUT2D eigenvalue weighted by molar-refractivity contribution is -0.119. The number of fused-ring (bicyclic) bond motifs is 1. The van der Waals surface area contributed by atoms with Gasteiger partial charge in [0, 0.05) is 23.4 Å². The minimum atomic E-state index is -0.514. The summed E-state index contributed by atoms with van der Waals surface area (Å²) in [5.74, 6) is 0.592. The van der Waals surface area contributed by atoms with Crippen LogP contribution in [0.3, 0.4) is 0 Å². The van der Waals surface area contributed by atoms with E-state index < -0.39 is 11.7 Å². The number of anilines is 1. The molecule has 0 heterocycles. The molecule has 3 rings (SSSR count). The molecule has 112 valence electrons. The lowest BCUT2D eigenvalue weighted by Crippen LogP contribution is -2.27. The molecule has 4 nitrogen and oxygen atoms in total. The maximum atomic E-state index is 11.8. The lowest BCUT2D eigenvalue weighted by Gasteiger charge is -2.20. The predicted octanol–water partition coefficient (Wildman–Crippen LogP) is 3.65. The first-order valence-electron chi connectivity index (χ1n) is 7.43. The van der Waals surface area contributed by atoms with Crippen molar-refractivity contribution < 1.29 is 14.3 Å². The van der Waals surface area contributed by atoms with Gasteiger partial charge in [-0.2, -0.15) is 0 Å². The molecule has 2 aliphatic carbocycles. The van der Waals surface area contributed by atoms with Gasteiger partial charge in [-0.3, -0.25) is 10.1 Å². The van der Waals surface area contributed by atoms with Crippen LogP contribution >= 0.6 is 0 Å².